The molecule has 8 heteroatoms. The number of anilines is 2. The van der Waals surface area contributed by atoms with Crippen LogP contribution in [0.4, 0.5) is 16.2 Å². The van der Waals surface area contributed by atoms with Crippen LogP contribution in [0.25, 0.3) is 0 Å². The van der Waals surface area contributed by atoms with Crippen molar-refractivity contribution in [2.75, 3.05) is 22.3 Å². The Morgan fingerprint density at radius 2 is 1.78 bits per heavy atom. The first kappa shape index (κ1) is 25.9. The molecular formula is C28H32N4O2S2. The lowest BCUT2D eigenvalue weighted by atomic mass is 10.0. The number of hydrogen-bond donors (Lipinski definition) is 2. The highest BCUT2D eigenvalue weighted by molar-refractivity contribution is 7.82. The van der Waals surface area contributed by atoms with E-state index in [2.05, 4.69) is 78.1 Å². The number of carbonyl (C=O) groups is 1. The highest BCUT2D eigenvalue weighted by Crippen LogP contribution is 2.28. The molecule has 1 saturated heterocycles. The van der Waals surface area contributed by atoms with Crippen LogP contribution in [0, 0.1) is 0 Å². The molecule has 0 bridgehead atoms. The Labute approximate surface area is 224 Å². The number of ether oxygens (including phenoxy) is 1. The number of unbranched alkanes of at least 4 members (excludes halogenated alkanes) is 1. The molecule has 0 spiro atoms. The van der Waals surface area contributed by atoms with Crippen molar-refractivity contribution in [1.29, 1.82) is 0 Å². The van der Waals surface area contributed by atoms with Gasteiger partial charge in [0.25, 0.3) is 0 Å². The van der Waals surface area contributed by atoms with Gasteiger partial charge < -0.3 is 20.3 Å². The number of thiocarbonyl (C=S) groups is 1. The molecule has 1 unspecified atom stereocenters. The van der Waals surface area contributed by atoms with Gasteiger partial charge in [-0.1, -0.05) is 74.7 Å². The molecule has 1 fully saturated rings. The van der Waals surface area contributed by atoms with Crippen molar-refractivity contribution in [1.82, 2.24) is 4.90 Å². The normalized spacial score (nSPS) is 14.1. The number of urea groups is 1. The Hall–Kier alpha value is -3.23. The standard InChI is InChI=1S/C28H32N4O2S2/c1-2-3-12-26(34-25-11-7-10-24(20-25)32(36)27(29)33)31-18-17-30(28(31)35)23-15-13-22(14-16-23)19-21-8-5-4-6-9-21/h4-11,13-16,20,26,36H,2-3,12,17-19H2,1H3,(H2,29,33). The lowest BCUT2D eigenvalue weighted by molar-refractivity contribution is 0.0772. The smallest absolute Gasteiger partial charge is 0.329 e. The van der Waals surface area contributed by atoms with Gasteiger partial charge in [0.15, 0.2) is 11.3 Å². The second-order valence-electron chi connectivity index (χ2n) is 8.82. The Morgan fingerprint density at radius 3 is 2.47 bits per heavy atom. The van der Waals surface area contributed by atoms with Crippen LogP contribution in [-0.4, -0.2) is 35.4 Å². The van der Waals surface area contributed by atoms with E-state index in [1.54, 1.807) is 12.1 Å². The SMILES string of the molecule is CCCCC(Oc1cccc(N(S)C(N)=O)c1)N1CCN(c2ccc(Cc3ccccc3)cc2)C1=S. The van der Waals surface area contributed by atoms with E-state index in [4.69, 9.17) is 22.7 Å². The summed E-state index contributed by atoms with van der Waals surface area (Å²) in [6.45, 7) is 3.74. The molecule has 1 aliphatic rings. The Balaban J connectivity index is 1.46. The van der Waals surface area contributed by atoms with Crippen LogP contribution < -0.4 is 19.7 Å². The molecule has 4 rings (SSSR count). The van der Waals surface area contributed by atoms with Gasteiger partial charge in [-0.15, -0.1) is 0 Å². The fourth-order valence-electron chi connectivity index (χ4n) is 4.32. The lowest BCUT2D eigenvalue weighted by Crippen LogP contribution is -2.42. The van der Waals surface area contributed by atoms with Crippen LogP contribution in [0.3, 0.4) is 0 Å². The van der Waals surface area contributed by atoms with Gasteiger partial charge in [0.05, 0.1) is 5.69 Å². The molecule has 6 nitrogen and oxygen atoms in total. The number of carbonyl (C=O) groups excluding carboxylic acids is 1. The van der Waals surface area contributed by atoms with E-state index in [0.29, 0.717) is 11.4 Å². The van der Waals surface area contributed by atoms with Gasteiger partial charge in [-0.2, -0.15) is 0 Å². The molecule has 0 aromatic heterocycles. The van der Waals surface area contributed by atoms with E-state index in [1.807, 2.05) is 18.2 Å². The fourth-order valence-corrected chi connectivity index (χ4v) is 4.85. The summed E-state index contributed by atoms with van der Waals surface area (Å²) in [4.78, 5) is 15.8. The number of hydrogen-bond acceptors (Lipinski definition) is 4. The summed E-state index contributed by atoms with van der Waals surface area (Å²) < 4.78 is 7.51. The summed E-state index contributed by atoms with van der Waals surface area (Å²) >= 11 is 10.1. The zero-order valence-electron chi connectivity index (χ0n) is 20.4. The molecule has 3 aromatic carbocycles. The van der Waals surface area contributed by atoms with E-state index >= 15 is 0 Å². The minimum absolute atomic E-state index is 0.211. The molecule has 1 heterocycles. The molecular weight excluding hydrogens is 488 g/mol. The summed E-state index contributed by atoms with van der Waals surface area (Å²) in [5.41, 5.74) is 9.57. The summed E-state index contributed by atoms with van der Waals surface area (Å²) in [7, 11) is 0. The molecule has 36 heavy (non-hydrogen) atoms. The minimum atomic E-state index is -0.649. The maximum atomic E-state index is 11.5. The van der Waals surface area contributed by atoms with Gasteiger partial charge in [-0.25, -0.2) is 9.10 Å². The molecule has 2 amide bonds. The second-order valence-corrected chi connectivity index (χ2v) is 9.58. The van der Waals surface area contributed by atoms with Gasteiger partial charge in [0.2, 0.25) is 0 Å². The summed E-state index contributed by atoms with van der Waals surface area (Å²) in [6.07, 6.45) is 3.60. The van der Waals surface area contributed by atoms with Gasteiger partial charge in [-0.05, 0) is 60.5 Å². The number of nitrogens with two attached hydrogens (primary N) is 1. The third-order valence-corrected chi connectivity index (χ3v) is 7.12. The summed E-state index contributed by atoms with van der Waals surface area (Å²) in [5, 5.41) is 0.760. The molecule has 2 N–H and O–H groups in total. The zero-order valence-corrected chi connectivity index (χ0v) is 22.1. The Kier molecular flexibility index (Phi) is 8.72. The molecule has 0 aliphatic carbocycles. The quantitative estimate of drug-likeness (QED) is 0.253. The van der Waals surface area contributed by atoms with E-state index in [1.165, 1.54) is 11.1 Å². The third-order valence-electron chi connectivity index (χ3n) is 6.24. The Morgan fingerprint density at radius 1 is 1.06 bits per heavy atom. The topological polar surface area (TPSA) is 62.0 Å². The first-order valence-electron chi connectivity index (χ1n) is 12.2. The number of amides is 2. The van der Waals surface area contributed by atoms with Crippen molar-refractivity contribution >= 4 is 47.6 Å². The lowest BCUT2D eigenvalue weighted by Gasteiger charge is -2.31. The van der Waals surface area contributed by atoms with Gasteiger partial charge in [0, 0.05) is 31.3 Å². The monoisotopic (exact) mass is 520 g/mol. The molecule has 188 valence electrons. The van der Waals surface area contributed by atoms with Crippen LogP contribution in [-0.2, 0) is 6.42 Å². The average molecular weight is 521 g/mol. The molecule has 0 saturated carbocycles. The molecule has 1 aliphatic heterocycles. The first-order chi connectivity index (χ1) is 17.5. The van der Waals surface area contributed by atoms with Crippen molar-refractivity contribution in [3.05, 3.63) is 90.0 Å². The van der Waals surface area contributed by atoms with Crippen LogP contribution in [0.2, 0.25) is 0 Å². The maximum Gasteiger partial charge on any atom is 0.329 e. The van der Waals surface area contributed by atoms with E-state index in [9.17, 15) is 4.79 Å². The van der Waals surface area contributed by atoms with Crippen LogP contribution in [0.1, 0.15) is 37.3 Å². The van der Waals surface area contributed by atoms with Gasteiger partial charge in [0.1, 0.15) is 5.75 Å². The van der Waals surface area contributed by atoms with Crippen LogP contribution in [0.5, 0.6) is 5.75 Å². The number of thiol groups is 1. The number of benzene rings is 3. The van der Waals surface area contributed by atoms with E-state index in [0.717, 1.165) is 53.9 Å². The fraction of sp³-hybridized carbons (Fsp3) is 0.286. The van der Waals surface area contributed by atoms with E-state index < -0.39 is 6.03 Å². The second kappa shape index (κ2) is 12.1. The zero-order chi connectivity index (χ0) is 25.5. The molecule has 3 aromatic rings. The molecule has 1 atom stereocenters. The van der Waals surface area contributed by atoms with Crippen LogP contribution >= 0.6 is 25.0 Å². The van der Waals surface area contributed by atoms with E-state index in [-0.39, 0.29) is 6.23 Å². The highest BCUT2D eigenvalue weighted by Gasteiger charge is 2.32. The third kappa shape index (κ3) is 6.30. The first-order valence-corrected chi connectivity index (χ1v) is 13.0. The largest absolute Gasteiger partial charge is 0.470 e. The van der Waals surface area contributed by atoms with Crippen molar-refractivity contribution in [2.24, 2.45) is 5.73 Å². The summed E-state index contributed by atoms with van der Waals surface area (Å²) in [5.74, 6) is 0.639. The maximum absolute atomic E-state index is 11.5. The van der Waals surface area contributed by atoms with Crippen molar-refractivity contribution in [2.45, 2.75) is 38.8 Å². The van der Waals surface area contributed by atoms with Crippen molar-refractivity contribution in [3.63, 3.8) is 0 Å². The van der Waals surface area contributed by atoms with Gasteiger partial charge in [-0.3, -0.25) is 0 Å². The number of primary amides is 1. The molecule has 0 radical (unpaired) electrons. The van der Waals surface area contributed by atoms with Crippen LogP contribution in [0.15, 0.2) is 78.9 Å². The minimum Gasteiger partial charge on any atom is -0.470 e. The number of nitrogens with zero attached hydrogens (tertiary/aromatic N) is 3. The highest BCUT2D eigenvalue weighted by atomic mass is 32.1. The summed E-state index contributed by atoms with van der Waals surface area (Å²) in [6, 6.07) is 25.7. The Bertz CT molecular complexity index is 1170. The average Bonchev–Trinajstić information content (AvgIpc) is 3.28. The van der Waals surface area contributed by atoms with Crippen molar-refractivity contribution < 1.29 is 9.53 Å². The number of rotatable bonds is 10. The van der Waals surface area contributed by atoms with Crippen molar-refractivity contribution in [3.8, 4) is 5.75 Å². The van der Waals surface area contributed by atoms with Gasteiger partial charge >= 0.3 is 6.03 Å². The predicted molar refractivity (Wildman–Crippen MR) is 154 cm³/mol. The predicted octanol–water partition coefficient (Wildman–Crippen LogP) is 6.01.